The van der Waals surface area contributed by atoms with Gasteiger partial charge in [-0.15, -0.1) is 6.42 Å². The Kier molecular flexibility index (Phi) is 5.80. The highest BCUT2D eigenvalue weighted by Crippen LogP contribution is 2.44. The highest BCUT2D eigenvalue weighted by atomic mass is 19.1. The fourth-order valence-electron chi connectivity index (χ4n) is 7.17. The number of benzene rings is 2. The van der Waals surface area contributed by atoms with E-state index in [-0.39, 0.29) is 70.7 Å². The molecule has 3 saturated heterocycles. The smallest absolute Gasteiger partial charge is 0.319 e. The summed E-state index contributed by atoms with van der Waals surface area (Å²) in [5.74, 6) is 0.601. The maximum Gasteiger partial charge on any atom is 0.319 e. The Morgan fingerprint density at radius 1 is 1.22 bits per heavy atom. The van der Waals surface area contributed by atoms with E-state index in [0.717, 1.165) is 0 Å². The van der Waals surface area contributed by atoms with Crippen molar-refractivity contribution in [2.45, 2.75) is 55.7 Å². The number of hydrogen-bond donors (Lipinski definition) is 1. The van der Waals surface area contributed by atoms with Crippen LogP contribution < -0.4 is 15.4 Å². The van der Waals surface area contributed by atoms with E-state index in [1.807, 2.05) is 0 Å². The number of halogens is 4. The van der Waals surface area contributed by atoms with E-state index in [4.69, 9.17) is 25.7 Å². The van der Waals surface area contributed by atoms with Crippen LogP contribution in [0.5, 0.6) is 6.01 Å². The number of nitrogen functional groups attached to an aromatic ring is 1. The monoisotopic (exact) mass is 621 g/mol. The van der Waals surface area contributed by atoms with Crippen LogP contribution in [0.2, 0.25) is 0 Å². The summed E-state index contributed by atoms with van der Waals surface area (Å²) in [6.07, 6.45) is 3.43. The van der Waals surface area contributed by atoms with Gasteiger partial charge in [0.25, 0.3) is 0 Å². The molecule has 0 spiro atoms. The number of ether oxygens (including phenoxy) is 2. The molecule has 2 aromatic carbocycles. The molecule has 45 heavy (non-hydrogen) atoms. The lowest BCUT2D eigenvalue weighted by Gasteiger charge is -2.31. The van der Waals surface area contributed by atoms with Gasteiger partial charge in [-0.1, -0.05) is 12.0 Å². The van der Waals surface area contributed by atoms with Crippen LogP contribution in [0.3, 0.4) is 0 Å². The fraction of sp³-hybridized carbons (Fsp3) is 0.424. The largest absolute Gasteiger partial charge is 0.461 e. The van der Waals surface area contributed by atoms with Gasteiger partial charge in [0.2, 0.25) is 0 Å². The van der Waals surface area contributed by atoms with Crippen LogP contribution >= 0.6 is 0 Å². The van der Waals surface area contributed by atoms with Crippen LogP contribution in [0, 0.1) is 24.0 Å². The lowest BCUT2D eigenvalue weighted by atomic mass is 9.95. The zero-order chi connectivity index (χ0) is 33.7. The second-order valence-electron chi connectivity index (χ2n) is 12.0. The first kappa shape index (κ1) is 25.0. The number of nitrogens with two attached hydrogens (primary N) is 1. The number of anilines is 2. The zero-order valence-electron chi connectivity index (χ0n) is 27.0. The Morgan fingerprint density at radius 2 is 2.09 bits per heavy atom. The first-order valence-corrected chi connectivity index (χ1v) is 14.9. The van der Waals surface area contributed by atoms with Crippen molar-refractivity contribution in [3.05, 3.63) is 47.7 Å². The number of aromatic nitrogens is 3. The van der Waals surface area contributed by atoms with E-state index in [1.54, 1.807) is 11.0 Å². The van der Waals surface area contributed by atoms with Crippen molar-refractivity contribution in [3.8, 4) is 29.6 Å². The van der Waals surface area contributed by atoms with Crippen molar-refractivity contribution in [2.75, 3.05) is 43.4 Å². The summed E-state index contributed by atoms with van der Waals surface area (Å²) in [5.41, 5.74) is 4.44. The van der Waals surface area contributed by atoms with Gasteiger partial charge in [-0.05, 0) is 49.4 Å². The zero-order valence-corrected chi connectivity index (χ0v) is 24.0. The number of rotatable bonds is 5. The summed E-state index contributed by atoms with van der Waals surface area (Å²) in [5, 5.41) is 0.682. The molecule has 1 saturated carbocycles. The van der Waals surface area contributed by atoms with Crippen molar-refractivity contribution in [1.29, 1.82) is 0 Å². The first-order valence-electron chi connectivity index (χ1n) is 16.4. The molecule has 232 valence electrons. The lowest BCUT2D eigenvalue weighted by Crippen LogP contribution is -2.43. The highest BCUT2D eigenvalue weighted by Gasteiger charge is 2.58. The Balaban J connectivity index is 1.33. The molecule has 0 radical (unpaired) electrons. The molecular weight excluding hydrogens is 588 g/mol. The third-order valence-electron chi connectivity index (χ3n) is 9.25. The molecular formula is C33H30F4N6O2. The van der Waals surface area contributed by atoms with Crippen LogP contribution in [0.4, 0.5) is 29.1 Å². The second kappa shape index (κ2) is 10.4. The Hall–Kier alpha value is -4.21. The molecule has 5 heterocycles. The highest BCUT2D eigenvalue weighted by molar-refractivity contribution is 6.03. The molecule has 2 aromatic heterocycles. The second-order valence-corrected chi connectivity index (χ2v) is 12.0. The van der Waals surface area contributed by atoms with E-state index < -0.39 is 54.2 Å². The maximum absolute atomic E-state index is 16.9. The molecule has 5 atom stereocenters. The molecule has 8 rings (SSSR count). The fourth-order valence-corrected chi connectivity index (χ4v) is 7.17. The van der Waals surface area contributed by atoms with Gasteiger partial charge in [0.05, 0.1) is 26.6 Å². The Bertz CT molecular complexity index is 2050. The number of alkyl halides is 2. The van der Waals surface area contributed by atoms with E-state index in [2.05, 4.69) is 20.9 Å². The Morgan fingerprint density at radius 3 is 2.93 bits per heavy atom. The summed E-state index contributed by atoms with van der Waals surface area (Å²) < 4.78 is 99.3. The van der Waals surface area contributed by atoms with Crippen LogP contribution in [0.1, 0.15) is 35.4 Å². The minimum absolute atomic E-state index is 0.0283. The quantitative estimate of drug-likeness (QED) is 0.190. The van der Waals surface area contributed by atoms with Crippen molar-refractivity contribution >= 4 is 33.2 Å². The first-order chi connectivity index (χ1) is 22.9. The van der Waals surface area contributed by atoms with Gasteiger partial charge in [-0.3, -0.25) is 9.88 Å². The molecule has 8 nitrogen and oxygen atoms in total. The predicted molar refractivity (Wildman–Crippen MR) is 161 cm³/mol. The standard InChI is InChI=1S/C33H30F4N6O2/c1-2-20-23(35)6-5-17-11-19(38)12-21(24(17)20)27-25(36)28-22(14-39-27)31(43-9-4-10-44-30-26(37)29(30)43)41-32(40-28)45-16-33-7-3-8-42(33)15-18(34)13-33/h1,5-6,11-12,14,18,26,29-30H,3-4,7-10,13,15-16,38H2/t18-,26-,29-,30+,33+/m1/s1/i16D2,26D. The molecule has 4 aliphatic rings. The summed E-state index contributed by atoms with van der Waals surface area (Å²) >= 11 is 0. The molecule has 2 N–H and O–H groups in total. The number of terminal acetylenes is 1. The van der Waals surface area contributed by atoms with Crippen molar-refractivity contribution < 1.29 is 31.1 Å². The summed E-state index contributed by atoms with van der Waals surface area (Å²) in [4.78, 5) is 16.4. The minimum Gasteiger partial charge on any atom is -0.461 e. The normalized spacial score (nSPS) is 30.7. The summed E-state index contributed by atoms with van der Waals surface area (Å²) in [6.45, 7) is -1.59. The van der Waals surface area contributed by atoms with Crippen molar-refractivity contribution in [1.82, 2.24) is 19.9 Å². The summed E-state index contributed by atoms with van der Waals surface area (Å²) in [7, 11) is 0. The molecule has 0 unspecified atom stereocenters. The molecule has 0 bridgehead atoms. The number of nitrogens with zero attached hydrogens (tertiary/aromatic N) is 5. The van der Waals surface area contributed by atoms with E-state index >= 15 is 8.78 Å². The van der Waals surface area contributed by atoms with Gasteiger partial charge in [-0.2, -0.15) is 9.97 Å². The average Bonchev–Trinajstić information content (AvgIpc) is 3.21. The predicted octanol–water partition coefficient (Wildman–Crippen LogP) is 4.96. The van der Waals surface area contributed by atoms with Crippen LogP contribution in [0.25, 0.3) is 32.9 Å². The molecule has 12 heteroatoms. The van der Waals surface area contributed by atoms with E-state index in [1.165, 1.54) is 29.3 Å². The van der Waals surface area contributed by atoms with Crippen molar-refractivity contribution in [2.24, 2.45) is 0 Å². The van der Waals surface area contributed by atoms with Crippen LogP contribution in [0.15, 0.2) is 30.5 Å². The molecule has 1 aliphatic carbocycles. The van der Waals surface area contributed by atoms with Gasteiger partial charge in [-0.25, -0.2) is 17.6 Å². The van der Waals surface area contributed by atoms with Gasteiger partial charge in [0.1, 0.15) is 41.7 Å². The topological polar surface area (TPSA) is 89.6 Å². The van der Waals surface area contributed by atoms with Crippen LogP contribution in [-0.2, 0) is 4.74 Å². The third kappa shape index (κ3) is 4.47. The maximum atomic E-state index is 16.9. The molecule has 3 aliphatic heterocycles. The van der Waals surface area contributed by atoms with Gasteiger partial charge in [0.15, 0.2) is 12.0 Å². The average molecular weight is 622 g/mol. The van der Waals surface area contributed by atoms with E-state index in [9.17, 15) is 8.78 Å². The lowest BCUT2D eigenvalue weighted by molar-refractivity contribution is 0.105. The number of fused-ring (bicyclic) bond motifs is 4. The number of hydrogen-bond acceptors (Lipinski definition) is 8. The van der Waals surface area contributed by atoms with Gasteiger partial charge < -0.3 is 20.1 Å². The summed E-state index contributed by atoms with van der Waals surface area (Å²) in [6, 6.07) is 3.99. The number of pyridine rings is 1. The van der Waals surface area contributed by atoms with E-state index in [0.29, 0.717) is 31.2 Å². The molecule has 0 amide bonds. The van der Waals surface area contributed by atoms with Gasteiger partial charge >= 0.3 is 6.01 Å². The van der Waals surface area contributed by atoms with Crippen molar-refractivity contribution in [3.63, 3.8) is 0 Å². The van der Waals surface area contributed by atoms with Crippen LogP contribution in [-0.4, -0.2) is 82.7 Å². The SMILES string of the molecule is [2H]C([2H])(Oc1nc(N2CCCO[C@@H]3[C@H]2[C@@]3([2H])F)c2cnc(-c3cc(N)cc4ccc(F)c(C#C)c34)c(F)c2n1)[C@@]12CCCN1C[C@H](F)C2. The third-order valence-corrected chi connectivity index (χ3v) is 9.25. The van der Waals surface area contributed by atoms with Gasteiger partial charge in [0, 0.05) is 49.0 Å². The molecule has 4 aromatic rings. The molecule has 4 fully saturated rings. The Labute approximate surface area is 260 Å². The minimum atomic E-state index is -2.51.